The normalized spacial score (nSPS) is 29.3. The lowest BCUT2D eigenvalue weighted by atomic mass is 10.1. The first-order valence-electron chi connectivity index (χ1n) is 13.0. The molecule has 0 spiro atoms. The molecule has 0 aliphatic carbocycles. The molecule has 1 heterocycles. The van der Waals surface area contributed by atoms with E-state index in [1.807, 2.05) is 0 Å². The fraction of sp³-hybridized carbons (Fsp3) is 0.846. The zero-order valence-corrected chi connectivity index (χ0v) is 21.5. The van der Waals surface area contributed by atoms with Crippen LogP contribution in [0.25, 0.3) is 0 Å². The second kappa shape index (κ2) is 17.3. The highest BCUT2D eigenvalue weighted by Gasteiger charge is 2.21. The molecule has 0 radical (unpaired) electrons. The summed E-state index contributed by atoms with van der Waals surface area (Å²) < 4.78 is 21.6. The lowest BCUT2D eigenvalue weighted by Crippen LogP contribution is -2.30. The van der Waals surface area contributed by atoms with E-state index >= 15 is 0 Å². The Labute approximate surface area is 204 Å². The fourth-order valence-corrected chi connectivity index (χ4v) is 3.59. The maximum Gasteiger partial charge on any atom is 0.306 e. The van der Waals surface area contributed by atoms with Crippen molar-refractivity contribution in [3.05, 3.63) is 0 Å². The fourth-order valence-electron chi connectivity index (χ4n) is 3.59. The molecule has 34 heavy (non-hydrogen) atoms. The number of hydrogen-bond donors (Lipinski definition) is 0. The predicted octanol–water partition coefficient (Wildman–Crippen LogP) is 5.19. The number of hydrogen-bond acceptors (Lipinski definition) is 8. The lowest BCUT2D eigenvalue weighted by Gasteiger charge is -2.21. The van der Waals surface area contributed by atoms with Crippen LogP contribution in [-0.2, 0) is 38.1 Å². The monoisotopic (exact) mass is 484 g/mol. The highest BCUT2D eigenvalue weighted by molar-refractivity contribution is 5.71. The molecule has 1 rings (SSSR count). The highest BCUT2D eigenvalue weighted by atomic mass is 16.6. The van der Waals surface area contributed by atoms with Gasteiger partial charge >= 0.3 is 23.9 Å². The highest BCUT2D eigenvalue weighted by Crippen LogP contribution is 2.14. The molecule has 4 atom stereocenters. The molecule has 4 unspecified atom stereocenters. The molecule has 0 saturated carbocycles. The minimum atomic E-state index is -0.495. The average Bonchev–Trinajstić information content (AvgIpc) is 2.76. The summed E-state index contributed by atoms with van der Waals surface area (Å²) in [4.78, 5) is 48.2. The third-order valence-corrected chi connectivity index (χ3v) is 6.12. The average molecular weight is 485 g/mol. The van der Waals surface area contributed by atoms with Crippen molar-refractivity contribution in [1.82, 2.24) is 0 Å². The van der Waals surface area contributed by atoms with Crippen molar-refractivity contribution < 1.29 is 38.1 Å². The van der Waals surface area contributed by atoms with Crippen LogP contribution in [-0.4, -0.2) is 48.3 Å². The standard InChI is InChI=1S/C26H44O8/c1-19-20(2)32-24(28)16-12-8-6-10-14-18-26(30)34-22(4)21(3)33-25(29)17-13-9-5-7-11-15-23(27)31-19/h19-22H,5-18H2,1-4H3. The van der Waals surface area contributed by atoms with Crippen LogP contribution in [0.5, 0.6) is 0 Å². The van der Waals surface area contributed by atoms with E-state index < -0.39 is 24.4 Å². The van der Waals surface area contributed by atoms with Crippen molar-refractivity contribution in [2.45, 2.75) is 142 Å². The molecule has 0 bridgehead atoms. The summed E-state index contributed by atoms with van der Waals surface area (Å²) in [5, 5.41) is 0. The van der Waals surface area contributed by atoms with Gasteiger partial charge in [-0.3, -0.25) is 19.2 Å². The van der Waals surface area contributed by atoms with Crippen LogP contribution in [0.4, 0.5) is 0 Å². The van der Waals surface area contributed by atoms with Crippen molar-refractivity contribution >= 4 is 23.9 Å². The van der Waals surface area contributed by atoms with Crippen LogP contribution in [0, 0.1) is 0 Å². The topological polar surface area (TPSA) is 105 Å². The molecule has 0 aromatic carbocycles. The van der Waals surface area contributed by atoms with Gasteiger partial charge in [0.05, 0.1) is 0 Å². The quantitative estimate of drug-likeness (QED) is 0.342. The molecule has 0 aromatic heterocycles. The van der Waals surface area contributed by atoms with E-state index in [2.05, 4.69) is 0 Å². The third kappa shape index (κ3) is 14.2. The number of cyclic esters (lactones) is 4. The number of ether oxygens (including phenoxy) is 4. The molecule has 8 heteroatoms. The summed E-state index contributed by atoms with van der Waals surface area (Å²) in [6.45, 7) is 6.93. The largest absolute Gasteiger partial charge is 0.459 e. The zero-order chi connectivity index (χ0) is 25.3. The van der Waals surface area contributed by atoms with Gasteiger partial charge in [0.2, 0.25) is 0 Å². The molecule has 8 nitrogen and oxygen atoms in total. The van der Waals surface area contributed by atoms with E-state index in [0.29, 0.717) is 51.4 Å². The summed E-state index contributed by atoms with van der Waals surface area (Å²) in [5.74, 6) is -1.15. The Balaban J connectivity index is 2.52. The number of rotatable bonds is 0. The molecule has 1 fully saturated rings. The molecule has 0 amide bonds. The summed E-state index contributed by atoms with van der Waals surface area (Å²) in [6, 6.07) is 0. The molecule has 1 aliphatic heterocycles. The lowest BCUT2D eigenvalue weighted by molar-refractivity contribution is -0.165. The number of carbonyl (C=O) groups excluding carboxylic acids is 4. The predicted molar refractivity (Wildman–Crippen MR) is 127 cm³/mol. The molecular weight excluding hydrogens is 440 g/mol. The Hall–Kier alpha value is -2.12. The van der Waals surface area contributed by atoms with E-state index in [1.165, 1.54) is 0 Å². The van der Waals surface area contributed by atoms with Crippen molar-refractivity contribution in [3.8, 4) is 0 Å². The zero-order valence-electron chi connectivity index (χ0n) is 21.5. The summed E-state index contributed by atoms with van der Waals surface area (Å²) in [7, 11) is 0. The van der Waals surface area contributed by atoms with Gasteiger partial charge in [-0.15, -0.1) is 0 Å². The Morgan fingerprint density at radius 1 is 0.382 bits per heavy atom. The van der Waals surface area contributed by atoms with Gasteiger partial charge < -0.3 is 18.9 Å². The second-order valence-corrected chi connectivity index (χ2v) is 9.32. The van der Waals surface area contributed by atoms with Crippen molar-refractivity contribution in [2.24, 2.45) is 0 Å². The van der Waals surface area contributed by atoms with Crippen LogP contribution in [0.1, 0.15) is 118 Å². The first-order chi connectivity index (χ1) is 16.2. The Morgan fingerprint density at radius 3 is 0.765 bits per heavy atom. The van der Waals surface area contributed by atoms with Crippen molar-refractivity contribution in [2.75, 3.05) is 0 Å². The maximum absolute atomic E-state index is 12.0. The first-order valence-corrected chi connectivity index (χ1v) is 13.0. The number of esters is 4. The summed E-state index contributed by atoms with van der Waals surface area (Å²) in [6.07, 6.45) is 7.44. The van der Waals surface area contributed by atoms with E-state index in [0.717, 1.165) is 38.5 Å². The Morgan fingerprint density at radius 2 is 0.559 bits per heavy atom. The maximum atomic E-state index is 12.0. The van der Waals surface area contributed by atoms with Crippen LogP contribution in [0.2, 0.25) is 0 Å². The van der Waals surface area contributed by atoms with Gasteiger partial charge in [0.1, 0.15) is 24.4 Å². The van der Waals surface area contributed by atoms with Gasteiger partial charge in [0, 0.05) is 25.7 Å². The summed E-state index contributed by atoms with van der Waals surface area (Å²) in [5.41, 5.74) is 0. The van der Waals surface area contributed by atoms with Crippen LogP contribution >= 0.6 is 0 Å². The molecule has 0 N–H and O–H groups in total. The van der Waals surface area contributed by atoms with E-state index in [-0.39, 0.29) is 23.9 Å². The molecule has 1 aliphatic rings. The third-order valence-electron chi connectivity index (χ3n) is 6.12. The van der Waals surface area contributed by atoms with Crippen LogP contribution in [0.15, 0.2) is 0 Å². The van der Waals surface area contributed by atoms with E-state index in [4.69, 9.17) is 18.9 Å². The van der Waals surface area contributed by atoms with Crippen molar-refractivity contribution in [1.29, 1.82) is 0 Å². The molecule has 0 aromatic rings. The Bertz CT molecular complexity index is 526. The smallest absolute Gasteiger partial charge is 0.306 e. The molecule has 196 valence electrons. The van der Waals surface area contributed by atoms with E-state index in [1.54, 1.807) is 27.7 Å². The minimum Gasteiger partial charge on any atom is -0.459 e. The summed E-state index contributed by atoms with van der Waals surface area (Å²) >= 11 is 0. The second-order valence-electron chi connectivity index (χ2n) is 9.32. The minimum absolute atomic E-state index is 0.288. The van der Waals surface area contributed by atoms with Gasteiger partial charge in [0.15, 0.2) is 0 Å². The van der Waals surface area contributed by atoms with Gasteiger partial charge in [-0.2, -0.15) is 0 Å². The van der Waals surface area contributed by atoms with E-state index in [9.17, 15) is 19.2 Å². The number of carbonyl (C=O) groups is 4. The van der Waals surface area contributed by atoms with Gasteiger partial charge in [-0.25, -0.2) is 0 Å². The van der Waals surface area contributed by atoms with Gasteiger partial charge in [-0.1, -0.05) is 38.5 Å². The van der Waals surface area contributed by atoms with Gasteiger partial charge in [0.25, 0.3) is 0 Å². The van der Waals surface area contributed by atoms with Crippen molar-refractivity contribution in [3.63, 3.8) is 0 Å². The Kier molecular flexibility index (Phi) is 15.3. The molecule has 1 saturated heterocycles. The molecular formula is C26H44O8. The van der Waals surface area contributed by atoms with Gasteiger partial charge in [-0.05, 0) is 53.4 Å². The first kappa shape index (κ1) is 29.9. The van der Waals surface area contributed by atoms with Crippen LogP contribution in [0.3, 0.4) is 0 Å². The van der Waals surface area contributed by atoms with Crippen LogP contribution < -0.4 is 0 Å². The SMILES string of the molecule is CC1OC(=O)CCCCCCCC(=O)OC(C)C(C)OC(=O)CCCCCCCC(=O)OC1C.